The van der Waals surface area contributed by atoms with Crippen LogP contribution in [0, 0.1) is 0 Å². The van der Waals surface area contributed by atoms with Gasteiger partial charge in [0.1, 0.15) is 0 Å². The van der Waals surface area contributed by atoms with Crippen molar-refractivity contribution >= 4 is 31.4 Å². The Morgan fingerprint density at radius 1 is 0.938 bits per heavy atom. The van der Waals surface area contributed by atoms with E-state index < -0.39 is 8.80 Å². The van der Waals surface area contributed by atoms with Gasteiger partial charge in [0.2, 0.25) is 0 Å². The van der Waals surface area contributed by atoms with Gasteiger partial charge in [-0.25, -0.2) is 0 Å². The Morgan fingerprint density at radius 3 is 1.69 bits per heavy atom. The molecule has 0 saturated heterocycles. The summed E-state index contributed by atoms with van der Waals surface area (Å²) in [5.41, 5.74) is 0. The highest BCUT2D eigenvalue weighted by molar-refractivity contribution is 14.1. The summed E-state index contributed by atoms with van der Waals surface area (Å²) < 4.78 is 18.1. The first kappa shape index (κ1) is 16.8. The van der Waals surface area contributed by atoms with Crippen molar-refractivity contribution in [3.63, 3.8) is 0 Å². The smallest absolute Gasteiger partial charge is 0.374 e. The molecule has 98 valence electrons. The Bertz CT molecular complexity index is 152. The second-order valence-corrected chi connectivity index (χ2v) is 8.02. The van der Waals surface area contributed by atoms with Crippen LogP contribution in [-0.2, 0) is 13.3 Å². The van der Waals surface area contributed by atoms with Crippen molar-refractivity contribution in [1.82, 2.24) is 0 Å². The molecular formula is C11H25IO3Si. The van der Waals surface area contributed by atoms with Crippen LogP contribution in [0.2, 0.25) is 6.04 Å². The standard InChI is InChI=1S/C11H25IO3Si/c1-5-11(12)9-10-16(13-6-2,14-7-3)15-8-4/h11H,5-10H2,1-4H3. The summed E-state index contributed by atoms with van der Waals surface area (Å²) in [4.78, 5) is 0. The molecule has 0 rings (SSSR count). The van der Waals surface area contributed by atoms with Crippen LogP contribution >= 0.6 is 22.6 Å². The third-order valence-corrected chi connectivity index (χ3v) is 6.89. The van der Waals surface area contributed by atoms with Crippen molar-refractivity contribution in [2.75, 3.05) is 19.8 Å². The van der Waals surface area contributed by atoms with Crippen molar-refractivity contribution in [3.8, 4) is 0 Å². The van der Waals surface area contributed by atoms with Crippen molar-refractivity contribution in [2.45, 2.75) is 50.5 Å². The van der Waals surface area contributed by atoms with Gasteiger partial charge in [0.15, 0.2) is 0 Å². The molecule has 3 nitrogen and oxygen atoms in total. The van der Waals surface area contributed by atoms with Crippen LogP contribution in [0.5, 0.6) is 0 Å². The summed E-state index contributed by atoms with van der Waals surface area (Å²) in [5, 5.41) is 0. The van der Waals surface area contributed by atoms with Crippen molar-refractivity contribution < 1.29 is 13.3 Å². The van der Waals surface area contributed by atoms with E-state index in [1.807, 2.05) is 20.8 Å². The Morgan fingerprint density at radius 2 is 1.38 bits per heavy atom. The zero-order chi connectivity index (χ0) is 12.4. The molecule has 0 bridgehead atoms. The molecule has 0 saturated carbocycles. The molecule has 0 radical (unpaired) electrons. The first-order valence-electron chi connectivity index (χ1n) is 6.20. The predicted molar refractivity (Wildman–Crippen MR) is 78.2 cm³/mol. The van der Waals surface area contributed by atoms with Crippen LogP contribution < -0.4 is 0 Å². The molecule has 0 aromatic rings. The van der Waals surface area contributed by atoms with Gasteiger partial charge < -0.3 is 13.3 Å². The molecule has 0 fully saturated rings. The predicted octanol–water partition coefficient (Wildman–Crippen LogP) is 3.64. The SMILES string of the molecule is CCO[Si](CCC(I)CC)(OCC)OCC. The zero-order valence-corrected chi connectivity index (χ0v) is 14.1. The maximum Gasteiger partial charge on any atom is 0.500 e. The normalized spacial score (nSPS) is 14.1. The molecule has 0 spiro atoms. The third-order valence-electron chi connectivity index (χ3n) is 2.30. The molecule has 16 heavy (non-hydrogen) atoms. The van der Waals surface area contributed by atoms with E-state index in [1.54, 1.807) is 0 Å². The number of hydrogen-bond donors (Lipinski definition) is 0. The minimum Gasteiger partial charge on any atom is -0.374 e. The molecule has 0 amide bonds. The summed E-state index contributed by atoms with van der Waals surface area (Å²) in [6, 6.07) is 0.934. The number of rotatable bonds is 10. The summed E-state index contributed by atoms with van der Waals surface area (Å²) >= 11 is 2.49. The van der Waals surface area contributed by atoms with E-state index >= 15 is 0 Å². The highest BCUT2D eigenvalue weighted by atomic mass is 127. The molecule has 0 heterocycles. The minimum atomic E-state index is -2.38. The summed E-state index contributed by atoms with van der Waals surface area (Å²) in [7, 11) is -2.38. The van der Waals surface area contributed by atoms with Gasteiger partial charge in [0.25, 0.3) is 0 Å². The second-order valence-electron chi connectivity index (χ2n) is 3.53. The fraction of sp³-hybridized carbons (Fsp3) is 1.00. The van der Waals surface area contributed by atoms with Crippen molar-refractivity contribution in [2.24, 2.45) is 0 Å². The van der Waals surface area contributed by atoms with Crippen LogP contribution in [0.3, 0.4) is 0 Å². The highest BCUT2D eigenvalue weighted by Crippen LogP contribution is 2.23. The largest absolute Gasteiger partial charge is 0.500 e. The van der Waals surface area contributed by atoms with Crippen molar-refractivity contribution in [3.05, 3.63) is 0 Å². The lowest BCUT2D eigenvalue weighted by molar-refractivity contribution is 0.0708. The average molecular weight is 360 g/mol. The van der Waals surface area contributed by atoms with Crippen molar-refractivity contribution in [1.29, 1.82) is 0 Å². The van der Waals surface area contributed by atoms with E-state index in [-0.39, 0.29) is 0 Å². The van der Waals surface area contributed by atoms with Gasteiger partial charge in [0.05, 0.1) is 0 Å². The topological polar surface area (TPSA) is 27.7 Å². The van der Waals surface area contributed by atoms with Crippen LogP contribution in [-0.4, -0.2) is 32.5 Å². The Labute approximate surface area is 115 Å². The minimum absolute atomic E-state index is 0.671. The zero-order valence-electron chi connectivity index (χ0n) is 10.9. The van der Waals surface area contributed by atoms with Gasteiger partial charge in [-0.15, -0.1) is 0 Å². The lowest BCUT2D eigenvalue weighted by atomic mass is 10.3. The first-order chi connectivity index (χ1) is 7.64. The van der Waals surface area contributed by atoms with E-state index in [9.17, 15) is 0 Å². The fourth-order valence-electron chi connectivity index (χ4n) is 1.54. The molecule has 0 aliphatic rings. The maximum absolute atomic E-state index is 5.80. The van der Waals surface area contributed by atoms with Gasteiger partial charge in [-0.3, -0.25) is 0 Å². The summed E-state index contributed by atoms with van der Waals surface area (Å²) in [6.07, 6.45) is 2.30. The van der Waals surface area contributed by atoms with Gasteiger partial charge in [0, 0.05) is 29.8 Å². The summed E-state index contributed by atoms with van der Waals surface area (Å²) in [6.45, 7) is 10.2. The molecule has 0 aliphatic heterocycles. The maximum atomic E-state index is 5.80. The molecular weight excluding hydrogens is 335 g/mol. The molecule has 1 unspecified atom stereocenters. The lowest BCUT2D eigenvalue weighted by Gasteiger charge is -2.29. The van der Waals surface area contributed by atoms with Crippen LogP contribution in [0.1, 0.15) is 40.5 Å². The van der Waals surface area contributed by atoms with Gasteiger partial charge >= 0.3 is 8.80 Å². The van der Waals surface area contributed by atoms with E-state index in [0.29, 0.717) is 23.7 Å². The average Bonchev–Trinajstić information content (AvgIpc) is 2.27. The molecule has 0 aliphatic carbocycles. The lowest BCUT2D eigenvalue weighted by Crippen LogP contribution is -2.46. The van der Waals surface area contributed by atoms with Gasteiger partial charge in [-0.2, -0.15) is 0 Å². The summed E-state index contributed by atoms with van der Waals surface area (Å²) in [5.74, 6) is 0. The van der Waals surface area contributed by atoms with Crippen LogP contribution in [0.15, 0.2) is 0 Å². The van der Waals surface area contributed by atoms with E-state index in [4.69, 9.17) is 13.3 Å². The van der Waals surface area contributed by atoms with Crippen LogP contribution in [0.25, 0.3) is 0 Å². The number of hydrogen-bond acceptors (Lipinski definition) is 3. The van der Waals surface area contributed by atoms with E-state index in [0.717, 1.165) is 12.5 Å². The highest BCUT2D eigenvalue weighted by Gasteiger charge is 2.40. The monoisotopic (exact) mass is 360 g/mol. The van der Waals surface area contributed by atoms with E-state index in [2.05, 4.69) is 29.5 Å². The molecule has 1 atom stereocenters. The van der Waals surface area contributed by atoms with Crippen LogP contribution in [0.4, 0.5) is 0 Å². The van der Waals surface area contributed by atoms with Gasteiger partial charge in [-0.05, 0) is 33.6 Å². The number of halogens is 1. The Hall–Kier alpha value is 0.827. The molecule has 0 aromatic heterocycles. The Kier molecular flexibility index (Phi) is 10.3. The van der Waals surface area contributed by atoms with Gasteiger partial charge in [-0.1, -0.05) is 29.5 Å². The Balaban J connectivity index is 4.34. The molecule has 0 N–H and O–H groups in total. The number of alkyl halides is 1. The van der Waals surface area contributed by atoms with E-state index in [1.165, 1.54) is 6.42 Å². The molecule has 0 aromatic carbocycles. The third kappa shape index (κ3) is 6.54. The first-order valence-corrected chi connectivity index (χ1v) is 9.37. The molecule has 5 heteroatoms. The fourth-order valence-corrected chi connectivity index (χ4v) is 5.14. The second kappa shape index (κ2) is 9.82. The quantitative estimate of drug-likeness (QED) is 0.338.